The number of hydrogen-bond donors (Lipinski definition) is 1. The molecule has 3 saturated heterocycles. The maximum atomic E-state index is 13.5. The van der Waals surface area contributed by atoms with E-state index in [2.05, 4.69) is 4.90 Å². The first-order valence-electron chi connectivity index (χ1n) is 11.4. The quantitative estimate of drug-likeness (QED) is 0.651. The molecule has 1 N–H and O–H groups in total. The number of β-amino-alcohol motifs (C(OH)–C–C–N with tert-alkyl or cyclic N) is 1. The molecule has 184 valence electrons. The molecule has 9 nitrogen and oxygen atoms in total. The lowest BCUT2D eigenvalue weighted by atomic mass is 9.96. The summed E-state index contributed by atoms with van der Waals surface area (Å²) in [5, 5.41) is 10.6. The summed E-state index contributed by atoms with van der Waals surface area (Å²) >= 11 is 6.04. The van der Waals surface area contributed by atoms with Crippen molar-refractivity contribution in [3.05, 3.63) is 29.3 Å². The van der Waals surface area contributed by atoms with Crippen molar-refractivity contribution in [2.45, 2.75) is 48.5 Å². The number of aliphatic hydroxyl groups excluding tert-OH is 1. The van der Waals surface area contributed by atoms with Gasteiger partial charge in [-0.05, 0) is 38.1 Å². The van der Waals surface area contributed by atoms with Gasteiger partial charge < -0.3 is 24.4 Å². The van der Waals surface area contributed by atoms with Crippen molar-refractivity contribution in [1.82, 2.24) is 14.1 Å². The first kappa shape index (κ1) is 24.8. The highest BCUT2D eigenvalue weighted by Crippen LogP contribution is 2.32. The Hall–Kier alpha value is -1.27. The largest absolute Gasteiger partial charge is 0.389 e. The minimum Gasteiger partial charge on any atom is -0.389 e. The highest BCUT2D eigenvalue weighted by atomic mass is 35.5. The summed E-state index contributed by atoms with van der Waals surface area (Å²) in [7, 11) is -1.87. The number of sulfonamides is 1. The molecule has 4 atom stereocenters. The Labute approximate surface area is 200 Å². The normalized spacial score (nSPS) is 30.3. The number of hydrogen-bond acceptors (Lipinski definition) is 7. The number of carbonyl (C=O) groups excluding carboxylic acids is 1. The summed E-state index contributed by atoms with van der Waals surface area (Å²) in [6, 6.07) is 5.62. The molecule has 0 saturated carbocycles. The lowest BCUT2D eigenvalue weighted by Crippen LogP contribution is -2.57. The van der Waals surface area contributed by atoms with Crippen molar-refractivity contribution < 1.29 is 27.8 Å². The van der Waals surface area contributed by atoms with Gasteiger partial charge in [0.05, 0.1) is 48.9 Å². The summed E-state index contributed by atoms with van der Waals surface area (Å²) in [6.45, 7) is 3.20. The summed E-state index contributed by atoms with van der Waals surface area (Å²) in [4.78, 5) is 16.9. The van der Waals surface area contributed by atoms with Crippen LogP contribution in [0.2, 0.25) is 5.02 Å². The van der Waals surface area contributed by atoms with Gasteiger partial charge in [-0.25, -0.2) is 8.42 Å². The van der Waals surface area contributed by atoms with Crippen LogP contribution in [0.25, 0.3) is 0 Å². The number of amides is 1. The topological polar surface area (TPSA) is 99.6 Å². The lowest BCUT2D eigenvalue weighted by molar-refractivity contribution is -0.152. The van der Waals surface area contributed by atoms with Gasteiger partial charge in [0, 0.05) is 37.7 Å². The second kappa shape index (κ2) is 10.6. The van der Waals surface area contributed by atoms with Gasteiger partial charge in [-0.3, -0.25) is 4.79 Å². The molecule has 0 aromatic heterocycles. The summed E-state index contributed by atoms with van der Waals surface area (Å²) in [5.74, 6) is 0.0668. The van der Waals surface area contributed by atoms with Crippen LogP contribution in [0, 0.1) is 0 Å². The minimum atomic E-state index is -3.92. The van der Waals surface area contributed by atoms with E-state index in [0.717, 1.165) is 13.1 Å². The molecule has 3 aliphatic heterocycles. The first-order valence-corrected chi connectivity index (χ1v) is 13.2. The van der Waals surface area contributed by atoms with E-state index in [-0.39, 0.29) is 43.1 Å². The Morgan fingerprint density at radius 3 is 2.67 bits per heavy atom. The Kier molecular flexibility index (Phi) is 7.95. The van der Waals surface area contributed by atoms with E-state index in [1.165, 1.54) is 16.4 Å². The fourth-order valence-electron chi connectivity index (χ4n) is 4.71. The van der Waals surface area contributed by atoms with E-state index in [0.29, 0.717) is 31.0 Å². The van der Waals surface area contributed by atoms with Gasteiger partial charge in [-0.1, -0.05) is 17.7 Å². The molecule has 33 heavy (non-hydrogen) atoms. The number of carbonyl (C=O) groups is 1. The third-order valence-corrected chi connectivity index (χ3v) is 8.72. The van der Waals surface area contributed by atoms with Crippen LogP contribution < -0.4 is 0 Å². The lowest BCUT2D eigenvalue weighted by Gasteiger charge is -2.44. The molecule has 11 heteroatoms. The Bertz CT molecular complexity index is 940. The molecule has 3 fully saturated rings. The van der Waals surface area contributed by atoms with Crippen LogP contribution >= 0.6 is 11.6 Å². The molecule has 4 rings (SSSR count). The molecule has 0 unspecified atom stereocenters. The zero-order valence-electron chi connectivity index (χ0n) is 18.8. The Morgan fingerprint density at radius 1 is 1.18 bits per heavy atom. The molecule has 0 bridgehead atoms. The number of halogens is 1. The molecular weight excluding hydrogens is 470 g/mol. The zero-order valence-corrected chi connectivity index (χ0v) is 20.4. The molecule has 0 spiro atoms. The predicted molar refractivity (Wildman–Crippen MR) is 123 cm³/mol. The summed E-state index contributed by atoms with van der Waals surface area (Å²) in [6.07, 6.45) is -0.417. The predicted octanol–water partition coefficient (Wildman–Crippen LogP) is 0.802. The van der Waals surface area contributed by atoms with E-state index in [4.69, 9.17) is 21.1 Å². The molecule has 3 heterocycles. The van der Waals surface area contributed by atoms with Crippen LogP contribution in [0.4, 0.5) is 0 Å². The van der Waals surface area contributed by atoms with Gasteiger partial charge in [0.1, 0.15) is 0 Å². The van der Waals surface area contributed by atoms with Gasteiger partial charge in [0.25, 0.3) is 0 Å². The van der Waals surface area contributed by atoms with Crippen molar-refractivity contribution >= 4 is 27.5 Å². The standard InChI is InChI=1S/C22H32ClN3O6S/c1-24-7-9-25(10-8-24)22(28)12-18-5-6-20-21(32-18)15-31-14-17(27)13-26(20)33(29,30)19-4-2-3-16(23)11-19/h2-4,11,17-18,20-21,27H,5-10,12-15H2,1H3/t17-,18+,20-,21+/m1/s1. The Balaban J connectivity index is 1.48. The molecular formula is C22H32ClN3O6S. The van der Waals surface area contributed by atoms with Gasteiger partial charge in [0.15, 0.2) is 0 Å². The van der Waals surface area contributed by atoms with Crippen molar-refractivity contribution in [1.29, 1.82) is 0 Å². The van der Waals surface area contributed by atoms with Crippen molar-refractivity contribution in [3.8, 4) is 0 Å². The monoisotopic (exact) mass is 501 g/mol. The van der Waals surface area contributed by atoms with Gasteiger partial charge >= 0.3 is 0 Å². The molecule has 0 radical (unpaired) electrons. The molecule has 0 aliphatic carbocycles. The second-order valence-corrected chi connectivity index (χ2v) is 11.4. The third kappa shape index (κ3) is 5.87. The van der Waals surface area contributed by atoms with Gasteiger partial charge in [0.2, 0.25) is 15.9 Å². The number of benzene rings is 1. The molecule has 3 aliphatic rings. The van der Waals surface area contributed by atoms with E-state index in [1.54, 1.807) is 12.1 Å². The molecule has 1 aromatic rings. The number of ether oxygens (including phenoxy) is 2. The van der Waals surface area contributed by atoms with Crippen LogP contribution in [0.15, 0.2) is 29.2 Å². The van der Waals surface area contributed by atoms with E-state index in [1.807, 2.05) is 11.9 Å². The van der Waals surface area contributed by atoms with Crippen LogP contribution in [0.1, 0.15) is 19.3 Å². The third-order valence-electron chi connectivity index (χ3n) is 6.59. The fourth-order valence-corrected chi connectivity index (χ4v) is 6.73. The second-order valence-electron chi connectivity index (χ2n) is 9.05. The summed E-state index contributed by atoms with van der Waals surface area (Å²) < 4.78 is 40.2. The number of rotatable bonds is 4. The van der Waals surface area contributed by atoms with E-state index < -0.39 is 28.3 Å². The number of likely N-dealkylation sites (N-methyl/N-ethyl adjacent to an activating group) is 1. The first-order chi connectivity index (χ1) is 15.7. The Morgan fingerprint density at radius 2 is 1.94 bits per heavy atom. The SMILES string of the molecule is CN1CCN(C(=O)C[C@@H]2CC[C@@H]3[C@H](COC[C@H](O)CN3S(=O)(=O)c3cccc(Cl)c3)O2)CC1. The van der Waals surface area contributed by atoms with Crippen molar-refractivity contribution in [3.63, 3.8) is 0 Å². The maximum absolute atomic E-state index is 13.5. The molecule has 1 amide bonds. The van der Waals surface area contributed by atoms with Gasteiger partial charge in [-0.15, -0.1) is 0 Å². The van der Waals surface area contributed by atoms with Gasteiger partial charge in [-0.2, -0.15) is 4.31 Å². The van der Waals surface area contributed by atoms with Crippen molar-refractivity contribution in [2.24, 2.45) is 0 Å². The number of fused-ring (bicyclic) bond motifs is 1. The summed E-state index contributed by atoms with van der Waals surface area (Å²) in [5.41, 5.74) is 0. The fraction of sp³-hybridized carbons (Fsp3) is 0.682. The average Bonchev–Trinajstić information content (AvgIpc) is 2.77. The zero-order chi connectivity index (χ0) is 23.6. The van der Waals surface area contributed by atoms with E-state index in [9.17, 15) is 18.3 Å². The minimum absolute atomic E-state index is 0.0129. The highest BCUT2D eigenvalue weighted by Gasteiger charge is 2.43. The maximum Gasteiger partial charge on any atom is 0.243 e. The van der Waals surface area contributed by atoms with Crippen LogP contribution in [-0.2, 0) is 24.3 Å². The number of nitrogens with zero attached hydrogens (tertiary/aromatic N) is 3. The van der Waals surface area contributed by atoms with E-state index >= 15 is 0 Å². The average molecular weight is 502 g/mol. The van der Waals surface area contributed by atoms with Crippen LogP contribution in [-0.4, -0.2) is 111 Å². The van der Waals surface area contributed by atoms with Crippen LogP contribution in [0.3, 0.4) is 0 Å². The van der Waals surface area contributed by atoms with Crippen LogP contribution in [0.5, 0.6) is 0 Å². The highest BCUT2D eigenvalue weighted by molar-refractivity contribution is 7.89. The number of piperazine rings is 1. The molecule has 1 aromatic carbocycles. The smallest absolute Gasteiger partial charge is 0.243 e. The number of aliphatic hydroxyl groups is 1. The van der Waals surface area contributed by atoms with Crippen molar-refractivity contribution in [2.75, 3.05) is 53.0 Å².